The van der Waals surface area contributed by atoms with Crippen LogP contribution in [0, 0.1) is 6.92 Å². The summed E-state index contributed by atoms with van der Waals surface area (Å²) in [6.07, 6.45) is 4.42. The minimum atomic E-state index is -1.19. The van der Waals surface area contributed by atoms with Gasteiger partial charge in [-0.2, -0.15) is 5.10 Å². The first kappa shape index (κ1) is 14.7. The molecule has 2 N–H and O–H groups in total. The van der Waals surface area contributed by atoms with Crippen LogP contribution in [0.1, 0.15) is 29.9 Å². The van der Waals surface area contributed by atoms with Crippen molar-refractivity contribution in [3.63, 3.8) is 0 Å². The van der Waals surface area contributed by atoms with E-state index in [4.69, 9.17) is 5.11 Å². The first-order valence-corrected chi connectivity index (χ1v) is 6.34. The average molecular weight is 288 g/mol. The molecule has 0 aromatic carbocycles. The van der Waals surface area contributed by atoms with E-state index < -0.39 is 11.5 Å². The largest absolute Gasteiger partial charge is 0.479 e. The fourth-order valence-electron chi connectivity index (χ4n) is 1.70. The topological polar surface area (TPSA) is 97.1 Å². The maximum absolute atomic E-state index is 12.1. The van der Waals surface area contributed by atoms with E-state index >= 15 is 0 Å². The molecule has 0 saturated heterocycles. The van der Waals surface area contributed by atoms with Crippen molar-refractivity contribution in [2.75, 3.05) is 5.32 Å². The summed E-state index contributed by atoms with van der Waals surface area (Å²) in [6, 6.07) is 3.54. The molecule has 2 rings (SSSR count). The van der Waals surface area contributed by atoms with E-state index in [1.54, 1.807) is 25.3 Å². The molecular formula is C14H16N4O3. The normalized spacial score (nSPS) is 11.2. The number of aromatic nitrogens is 3. The molecule has 0 fully saturated rings. The van der Waals surface area contributed by atoms with Crippen molar-refractivity contribution in [2.24, 2.45) is 0 Å². The molecule has 0 saturated carbocycles. The number of carboxylic acids is 1. The van der Waals surface area contributed by atoms with Crippen molar-refractivity contribution in [2.45, 2.75) is 26.3 Å². The van der Waals surface area contributed by atoms with Gasteiger partial charge in [-0.1, -0.05) is 6.07 Å². The van der Waals surface area contributed by atoms with E-state index in [2.05, 4.69) is 15.4 Å². The number of carboxylic acid groups (broad SMARTS) is 1. The maximum Gasteiger partial charge on any atom is 0.331 e. The van der Waals surface area contributed by atoms with Crippen molar-refractivity contribution in [1.82, 2.24) is 14.8 Å². The highest BCUT2D eigenvalue weighted by Gasteiger charge is 2.30. The van der Waals surface area contributed by atoms with E-state index in [0.29, 0.717) is 11.4 Å². The fourth-order valence-corrected chi connectivity index (χ4v) is 1.70. The summed E-state index contributed by atoms with van der Waals surface area (Å²) in [5.74, 6) is -1.37. The van der Waals surface area contributed by atoms with E-state index in [1.807, 2.05) is 0 Å². The Balaban J connectivity index is 2.19. The monoisotopic (exact) mass is 288 g/mol. The molecule has 0 spiro atoms. The van der Waals surface area contributed by atoms with Gasteiger partial charge in [0.05, 0.1) is 11.9 Å². The third kappa shape index (κ3) is 2.91. The van der Waals surface area contributed by atoms with Gasteiger partial charge in [0.15, 0.2) is 5.54 Å². The molecule has 0 aliphatic carbocycles. The second-order valence-corrected chi connectivity index (χ2v) is 5.16. The van der Waals surface area contributed by atoms with E-state index in [9.17, 15) is 9.59 Å². The zero-order valence-electron chi connectivity index (χ0n) is 12.0. The fraction of sp³-hybridized carbons (Fsp3) is 0.286. The number of pyridine rings is 1. The molecule has 0 aliphatic heterocycles. The van der Waals surface area contributed by atoms with Crippen LogP contribution in [0.25, 0.3) is 0 Å². The predicted octanol–water partition coefficient (Wildman–Crippen LogP) is 1.66. The van der Waals surface area contributed by atoms with Crippen LogP contribution in [0.3, 0.4) is 0 Å². The number of aliphatic carboxylic acids is 1. The van der Waals surface area contributed by atoms with Crippen molar-refractivity contribution in [1.29, 1.82) is 0 Å². The Hall–Kier alpha value is -2.70. The number of rotatable bonds is 4. The second kappa shape index (κ2) is 5.35. The summed E-state index contributed by atoms with van der Waals surface area (Å²) >= 11 is 0. The van der Waals surface area contributed by atoms with Gasteiger partial charge in [-0.3, -0.25) is 14.5 Å². The summed E-state index contributed by atoms with van der Waals surface area (Å²) in [5.41, 5.74) is 0.305. The minimum absolute atomic E-state index is 0.322. The van der Waals surface area contributed by atoms with Crippen molar-refractivity contribution in [3.8, 4) is 0 Å². The van der Waals surface area contributed by atoms with Crippen LogP contribution in [0.5, 0.6) is 0 Å². The summed E-state index contributed by atoms with van der Waals surface area (Å²) < 4.78 is 1.29. The first-order valence-electron chi connectivity index (χ1n) is 6.34. The van der Waals surface area contributed by atoms with Crippen LogP contribution >= 0.6 is 0 Å². The van der Waals surface area contributed by atoms with Gasteiger partial charge in [-0.25, -0.2) is 4.79 Å². The molecule has 0 bridgehead atoms. The zero-order chi connectivity index (χ0) is 15.6. The number of carbonyl (C=O) groups excluding carboxylic acids is 1. The van der Waals surface area contributed by atoms with Crippen LogP contribution in [-0.2, 0) is 10.3 Å². The Bertz CT molecular complexity index is 691. The van der Waals surface area contributed by atoms with E-state index in [1.165, 1.54) is 30.9 Å². The number of hydrogen-bond donors (Lipinski definition) is 2. The maximum atomic E-state index is 12.1. The molecule has 7 heteroatoms. The summed E-state index contributed by atoms with van der Waals surface area (Å²) in [4.78, 5) is 27.3. The zero-order valence-corrected chi connectivity index (χ0v) is 12.0. The van der Waals surface area contributed by atoms with E-state index in [-0.39, 0.29) is 5.91 Å². The molecular weight excluding hydrogens is 272 g/mol. The van der Waals surface area contributed by atoms with Crippen LogP contribution in [0.2, 0.25) is 0 Å². The van der Waals surface area contributed by atoms with Crippen molar-refractivity contribution >= 4 is 17.6 Å². The smallest absolute Gasteiger partial charge is 0.331 e. The first-order chi connectivity index (χ1) is 9.82. The lowest BCUT2D eigenvalue weighted by atomic mass is 10.1. The number of anilines is 1. The van der Waals surface area contributed by atoms with Crippen molar-refractivity contribution in [3.05, 3.63) is 42.0 Å². The lowest BCUT2D eigenvalue weighted by Gasteiger charge is -2.19. The van der Waals surface area contributed by atoms with Gasteiger partial charge in [-0.15, -0.1) is 0 Å². The molecule has 2 aromatic heterocycles. The Morgan fingerprint density at radius 3 is 2.71 bits per heavy atom. The number of hydrogen-bond acceptors (Lipinski definition) is 4. The predicted molar refractivity (Wildman–Crippen MR) is 76.1 cm³/mol. The van der Waals surface area contributed by atoms with Gasteiger partial charge < -0.3 is 10.4 Å². The highest BCUT2D eigenvalue weighted by Crippen LogP contribution is 2.18. The third-order valence-corrected chi connectivity index (χ3v) is 3.16. The van der Waals surface area contributed by atoms with Gasteiger partial charge in [0.2, 0.25) is 0 Å². The van der Waals surface area contributed by atoms with Crippen molar-refractivity contribution < 1.29 is 14.7 Å². The molecule has 110 valence electrons. The molecule has 21 heavy (non-hydrogen) atoms. The molecule has 0 radical (unpaired) electrons. The Morgan fingerprint density at radius 2 is 2.10 bits per heavy atom. The van der Waals surface area contributed by atoms with Gasteiger partial charge in [0.25, 0.3) is 5.91 Å². The van der Waals surface area contributed by atoms with Crippen LogP contribution < -0.4 is 5.32 Å². The van der Waals surface area contributed by atoms with Gasteiger partial charge in [0, 0.05) is 12.4 Å². The highest BCUT2D eigenvalue weighted by atomic mass is 16.4. The molecule has 2 heterocycles. The average Bonchev–Trinajstić information content (AvgIpc) is 2.88. The molecule has 7 nitrogen and oxygen atoms in total. The molecule has 2 aromatic rings. The second-order valence-electron chi connectivity index (χ2n) is 5.16. The highest BCUT2D eigenvalue weighted by molar-refractivity contribution is 6.03. The lowest BCUT2D eigenvalue weighted by molar-refractivity contribution is -0.146. The number of aryl methyl sites for hydroxylation is 1. The summed E-state index contributed by atoms with van der Waals surface area (Å²) in [7, 11) is 0. The number of nitrogens with zero attached hydrogens (tertiary/aromatic N) is 3. The quantitative estimate of drug-likeness (QED) is 0.891. The van der Waals surface area contributed by atoms with Gasteiger partial charge >= 0.3 is 5.97 Å². The minimum Gasteiger partial charge on any atom is -0.479 e. The number of carbonyl (C=O) groups is 2. The SMILES string of the molecule is Cc1cccnc1C(=O)Nc1cnn(C(C)(C)C(=O)O)c1. The van der Waals surface area contributed by atoms with Crippen LogP contribution in [-0.4, -0.2) is 31.7 Å². The van der Waals surface area contributed by atoms with E-state index in [0.717, 1.165) is 5.56 Å². The van der Waals surface area contributed by atoms with Crippen LogP contribution in [0.4, 0.5) is 5.69 Å². The standard InChI is InChI=1S/C14H16N4O3/c1-9-5-4-6-15-11(9)12(19)17-10-7-16-18(8-10)14(2,3)13(20)21/h4-8H,1-3H3,(H,17,19)(H,20,21). The molecule has 0 atom stereocenters. The Kier molecular flexibility index (Phi) is 3.75. The molecule has 0 aliphatic rings. The number of amides is 1. The number of nitrogens with one attached hydrogen (secondary N) is 1. The Labute approximate surface area is 121 Å². The summed E-state index contributed by atoms with van der Waals surface area (Å²) in [6.45, 7) is 4.84. The summed E-state index contributed by atoms with van der Waals surface area (Å²) in [5, 5.41) is 15.8. The molecule has 0 unspecified atom stereocenters. The van der Waals surface area contributed by atoms with Gasteiger partial charge in [-0.05, 0) is 32.4 Å². The lowest BCUT2D eigenvalue weighted by Crippen LogP contribution is -2.35. The molecule has 1 amide bonds. The van der Waals surface area contributed by atoms with Gasteiger partial charge in [0.1, 0.15) is 5.69 Å². The third-order valence-electron chi connectivity index (χ3n) is 3.16. The Morgan fingerprint density at radius 1 is 1.38 bits per heavy atom. The van der Waals surface area contributed by atoms with Crippen LogP contribution in [0.15, 0.2) is 30.7 Å².